The Hall–Kier alpha value is -0.940. The second-order valence-electron chi connectivity index (χ2n) is 3.99. The Balaban J connectivity index is 2.93. The molecule has 102 valence electrons. The standard InChI is InChI=1S/C12H15ClF3NO/c1-8(6-7-18-2)17-11-9(12(14,15)16)4-3-5-10(11)13/h3-5,8,17H,6-7H2,1-2H3. The average molecular weight is 282 g/mol. The molecule has 0 saturated carbocycles. The minimum Gasteiger partial charge on any atom is -0.385 e. The zero-order chi connectivity index (χ0) is 13.8. The molecule has 1 N–H and O–H groups in total. The Morgan fingerprint density at radius 2 is 2.06 bits per heavy atom. The highest BCUT2D eigenvalue weighted by molar-refractivity contribution is 6.33. The molecule has 0 aliphatic rings. The highest BCUT2D eigenvalue weighted by Gasteiger charge is 2.34. The molecule has 0 aliphatic heterocycles. The third kappa shape index (κ3) is 4.07. The van der Waals surface area contributed by atoms with Gasteiger partial charge in [0.05, 0.1) is 16.3 Å². The van der Waals surface area contributed by atoms with Crippen molar-refractivity contribution in [3.63, 3.8) is 0 Å². The van der Waals surface area contributed by atoms with Crippen LogP contribution in [0.1, 0.15) is 18.9 Å². The maximum atomic E-state index is 12.8. The number of alkyl halides is 3. The van der Waals surface area contributed by atoms with E-state index in [0.29, 0.717) is 13.0 Å². The number of ether oxygens (including phenoxy) is 1. The fraction of sp³-hybridized carbons (Fsp3) is 0.500. The number of nitrogens with one attached hydrogen (secondary N) is 1. The number of halogens is 4. The lowest BCUT2D eigenvalue weighted by atomic mass is 10.1. The molecule has 0 heterocycles. The molecule has 0 bridgehead atoms. The van der Waals surface area contributed by atoms with E-state index >= 15 is 0 Å². The van der Waals surface area contributed by atoms with Gasteiger partial charge in [0, 0.05) is 19.8 Å². The lowest BCUT2D eigenvalue weighted by Crippen LogP contribution is -2.20. The van der Waals surface area contributed by atoms with Crippen LogP contribution in [-0.2, 0) is 10.9 Å². The van der Waals surface area contributed by atoms with Gasteiger partial charge in [-0.25, -0.2) is 0 Å². The first-order chi connectivity index (χ1) is 8.36. The summed E-state index contributed by atoms with van der Waals surface area (Å²) in [5.41, 5.74) is -0.825. The van der Waals surface area contributed by atoms with Crippen LogP contribution in [0.4, 0.5) is 18.9 Å². The van der Waals surface area contributed by atoms with Crippen molar-refractivity contribution in [1.29, 1.82) is 0 Å². The molecular formula is C12H15ClF3NO. The van der Waals surface area contributed by atoms with E-state index in [0.717, 1.165) is 6.07 Å². The summed E-state index contributed by atoms with van der Waals surface area (Å²) in [6.07, 6.45) is -3.83. The van der Waals surface area contributed by atoms with Crippen molar-refractivity contribution >= 4 is 17.3 Å². The first-order valence-corrected chi connectivity index (χ1v) is 5.85. The molecule has 0 radical (unpaired) electrons. The Morgan fingerprint density at radius 3 is 2.61 bits per heavy atom. The van der Waals surface area contributed by atoms with Crippen LogP contribution in [0, 0.1) is 0 Å². The third-order valence-electron chi connectivity index (χ3n) is 2.46. The summed E-state index contributed by atoms with van der Waals surface area (Å²) >= 11 is 5.82. The van der Waals surface area contributed by atoms with E-state index in [1.165, 1.54) is 12.1 Å². The molecule has 1 unspecified atom stereocenters. The van der Waals surface area contributed by atoms with Crippen molar-refractivity contribution in [3.05, 3.63) is 28.8 Å². The van der Waals surface area contributed by atoms with Gasteiger partial charge in [0.25, 0.3) is 0 Å². The Kier molecular flexibility index (Phi) is 5.28. The molecular weight excluding hydrogens is 267 g/mol. The number of para-hydroxylation sites is 1. The van der Waals surface area contributed by atoms with Gasteiger partial charge >= 0.3 is 6.18 Å². The van der Waals surface area contributed by atoms with Gasteiger partial charge in [0.2, 0.25) is 0 Å². The van der Waals surface area contributed by atoms with Crippen molar-refractivity contribution in [2.45, 2.75) is 25.6 Å². The number of hydrogen-bond donors (Lipinski definition) is 1. The van der Waals surface area contributed by atoms with Gasteiger partial charge in [-0.1, -0.05) is 17.7 Å². The minimum absolute atomic E-state index is 0.0640. The number of methoxy groups -OCH3 is 1. The molecule has 6 heteroatoms. The molecule has 2 nitrogen and oxygen atoms in total. The normalized spacial score (nSPS) is 13.4. The predicted octanol–water partition coefficient (Wildman–Crippen LogP) is 4.20. The Labute approximate surface area is 109 Å². The lowest BCUT2D eigenvalue weighted by molar-refractivity contribution is -0.137. The van der Waals surface area contributed by atoms with Gasteiger partial charge in [0.1, 0.15) is 0 Å². The molecule has 0 amide bonds. The molecule has 1 aromatic rings. The highest BCUT2D eigenvalue weighted by Crippen LogP contribution is 2.38. The molecule has 0 saturated heterocycles. The van der Waals surface area contributed by atoms with Gasteiger partial charge in [-0.15, -0.1) is 0 Å². The number of rotatable bonds is 5. The van der Waals surface area contributed by atoms with Crippen molar-refractivity contribution in [3.8, 4) is 0 Å². The van der Waals surface area contributed by atoms with Crippen LogP contribution >= 0.6 is 11.6 Å². The summed E-state index contributed by atoms with van der Waals surface area (Å²) in [5, 5.41) is 2.85. The summed E-state index contributed by atoms with van der Waals surface area (Å²) in [7, 11) is 1.54. The van der Waals surface area contributed by atoms with Crippen LogP contribution in [0.25, 0.3) is 0 Å². The molecule has 1 rings (SSSR count). The van der Waals surface area contributed by atoms with E-state index < -0.39 is 11.7 Å². The number of benzene rings is 1. The molecule has 0 spiro atoms. The summed E-state index contributed by atoms with van der Waals surface area (Å²) in [4.78, 5) is 0. The summed E-state index contributed by atoms with van der Waals surface area (Å²) in [6, 6.07) is 3.57. The second-order valence-corrected chi connectivity index (χ2v) is 4.39. The zero-order valence-electron chi connectivity index (χ0n) is 10.1. The second kappa shape index (κ2) is 6.29. The Bertz CT molecular complexity index is 395. The topological polar surface area (TPSA) is 21.3 Å². The number of hydrogen-bond acceptors (Lipinski definition) is 2. The van der Waals surface area contributed by atoms with Crippen molar-refractivity contribution in [2.24, 2.45) is 0 Å². The van der Waals surface area contributed by atoms with Crippen LogP contribution in [0.5, 0.6) is 0 Å². The maximum absolute atomic E-state index is 12.8. The van der Waals surface area contributed by atoms with E-state index in [2.05, 4.69) is 5.32 Å². The van der Waals surface area contributed by atoms with Crippen LogP contribution in [0.3, 0.4) is 0 Å². The van der Waals surface area contributed by atoms with Crippen molar-refractivity contribution < 1.29 is 17.9 Å². The van der Waals surface area contributed by atoms with E-state index in [4.69, 9.17) is 16.3 Å². The van der Waals surface area contributed by atoms with Gasteiger partial charge in [0.15, 0.2) is 0 Å². The van der Waals surface area contributed by atoms with Gasteiger partial charge in [-0.3, -0.25) is 0 Å². The lowest BCUT2D eigenvalue weighted by Gasteiger charge is -2.20. The van der Waals surface area contributed by atoms with Crippen molar-refractivity contribution in [2.75, 3.05) is 19.0 Å². The zero-order valence-corrected chi connectivity index (χ0v) is 10.9. The molecule has 0 fully saturated rings. The minimum atomic E-state index is -4.42. The fourth-order valence-electron chi connectivity index (χ4n) is 1.52. The van der Waals surface area contributed by atoms with Gasteiger partial charge in [-0.05, 0) is 25.5 Å². The quantitative estimate of drug-likeness (QED) is 0.873. The van der Waals surface area contributed by atoms with Crippen molar-refractivity contribution in [1.82, 2.24) is 0 Å². The molecule has 1 aromatic carbocycles. The largest absolute Gasteiger partial charge is 0.418 e. The van der Waals surface area contributed by atoms with E-state index in [-0.39, 0.29) is 16.8 Å². The maximum Gasteiger partial charge on any atom is 0.418 e. The summed E-state index contributed by atoms with van der Waals surface area (Å²) < 4.78 is 43.3. The van der Waals surface area contributed by atoms with Crippen LogP contribution in [-0.4, -0.2) is 19.8 Å². The van der Waals surface area contributed by atoms with E-state index in [1.807, 2.05) is 0 Å². The van der Waals surface area contributed by atoms with E-state index in [9.17, 15) is 13.2 Å². The predicted molar refractivity (Wildman–Crippen MR) is 66.0 cm³/mol. The summed E-state index contributed by atoms with van der Waals surface area (Å²) in [5.74, 6) is 0. The molecule has 18 heavy (non-hydrogen) atoms. The first kappa shape index (κ1) is 15.1. The van der Waals surface area contributed by atoms with E-state index in [1.54, 1.807) is 14.0 Å². The van der Waals surface area contributed by atoms with Crippen LogP contribution in [0.15, 0.2) is 18.2 Å². The van der Waals surface area contributed by atoms with Crippen LogP contribution in [0.2, 0.25) is 5.02 Å². The molecule has 0 aliphatic carbocycles. The Morgan fingerprint density at radius 1 is 1.39 bits per heavy atom. The van der Waals surface area contributed by atoms with Gasteiger partial charge in [-0.2, -0.15) is 13.2 Å². The monoisotopic (exact) mass is 281 g/mol. The first-order valence-electron chi connectivity index (χ1n) is 5.47. The number of anilines is 1. The fourth-order valence-corrected chi connectivity index (χ4v) is 1.75. The highest BCUT2D eigenvalue weighted by atomic mass is 35.5. The van der Waals surface area contributed by atoms with Gasteiger partial charge < -0.3 is 10.1 Å². The van der Waals surface area contributed by atoms with Crippen LogP contribution < -0.4 is 5.32 Å². The SMILES string of the molecule is COCCC(C)Nc1c(Cl)cccc1C(F)(F)F. The summed E-state index contributed by atoms with van der Waals surface area (Å²) in [6.45, 7) is 2.25. The smallest absolute Gasteiger partial charge is 0.385 e. The molecule has 0 aromatic heterocycles. The molecule has 1 atom stereocenters. The third-order valence-corrected chi connectivity index (χ3v) is 2.78. The average Bonchev–Trinajstić information content (AvgIpc) is 2.27.